The molecule has 4 aromatic rings. The van der Waals surface area contributed by atoms with Crippen LogP contribution < -0.4 is 50.2 Å². The molecule has 0 fully saturated rings. The van der Waals surface area contributed by atoms with E-state index in [9.17, 15) is 73.8 Å². The molecule has 4 rings (SSSR count). The third-order valence-electron chi connectivity index (χ3n) is 10.1. The number of carbonyl (C=O) groups excluding carboxylic acids is 6. The molecule has 0 spiro atoms. The summed E-state index contributed by atoms with van der Waals surface area (Å²) in [6, 6.07) is 14.4. The van der Waals surface area contributed by atoms with Gasteiger partial charge in [-0.3, -0.25) is 47.2 Å². The third kappa shape index (κ3) is 22.5. The molecule has 0 aromatic heterocycles. The van der Waals surface area contributed by atoms with Gasteiger partial charge in [0.25, 0.3) is 0 Å². The van der Waals surface area contributed by atoms with Gasteiger partial charge in [-0.25, -0.2) is 4.79 Å². The minimum Gasteiger partial charge on any atom is -0.481 e. The number of nitrogens with one attached hydrogen (secondary N) is 6. The minimum atomic E-state index is -4.96. The highest BCUT2D eigenvalue weighted by atomic mass is 32.3. The monoisotopic (exact) mass is 1120 g/mol. The highest BCUT2D eigenvalue weighted by molar-refractivity contribution is 7.81. The van der Waals surface area contributed by atoms with Gasteiger partial charge >= 0.3 is 43.1 Å². The van der Waals surface area contributed by atoms with Crippen LogP contribution in [-0.4, -0.2) is 140 Å². The fraction of sp³-hybridized carbons (Fsp3) is 0.273. The zero-order valence-corrected chi connectivity index (χ0v) is 41.6. The normalized spacial score (nSPS) is 13.4. The van der Waals surface area contributed by atoms with E-state index in [1.807, 2.05) is 0 Å². The number of aliphatic carboxylic acids is 2. The van der Waals surface area contributed by atoms with E-state index in [2.05, 4.69) is 44.4 Å². The van der Waals surface area contributed by atoms with E-state index in [-0.39, 0.29) is 41.2 Å². The molecular formula is C44H49N7O22S3. The molecule has 0 radical (unpaired) electrons. The maximum atomic E-state index is 13.8. The van der Waals surface area contributed by atoms with Crippen molar-refractivity contribution in [1.82, 2.24) is 31.9 Å². The van der Waals surface area contributed by atoms with Gasteiger partial charge in [0.1, 0.15) is 41.4 Å². The maximum Gasteiger partial charge on any atom is 0.446 e. The molecule has 0 aliphatic carbocycles. The first-order chi connectivity index (χ1) is 35.5. The summed E-state index contributed by atoms with van der Waals surface area (Å²) in [4.78, 5) is 104. The average Bonchev–Trinajstić information content (AvgIpc) is 3.32. The number of carbonyl (C=O) groups is 8. The van der Waals surface area contributed by atoms with Crippen molar-refractivity contribution in [2.75, 3.05) is 13.1 Å². The van der Waals surface area contributed by atoms with Crippen LogP contribution in [0.25, 0.3) is 0 Å². The second-order valence-corrected chi connectivity index (χ2v) is 19.2. The number of hydrogen-bond acceptors (Lipinski definition) is 18. The molecular weight excluding hydrogens is 1070 g/mol. The van der Waals surface area contributed by atoms with Gasteiger partial charge in [-0.15, -0.1) is 0 Å². The lowest BCUT2D eigenvalue weighted by atomic mass is 10.0. The first-order valence-electron chi connectivity index (χ1n) is 21.8. The second kappa shape index (κ2) is 27.3. The summed E-state index contributed by atoms with van der Waals surface area (Å²) in [7, 11) is -14.7. The van der Waals surface area contributed by atoms with Crippen molar-refractivity contribution in [2.24, 2.45) is 5.73 Å². The first kappa shape index (κ1) is 60.3. The van der Waals surface area contributed by atoms with E-state index in [0.29, 0.717) is 11.1 Å². The Morgan fingerprint density at radius 2 is 0.803 bits per heavy atom. The molecule has 6 amide bonds. The quantitative estimate of drug-likeness (QED) is 0.0251. The smallest absolute Gasteiger partial charge is 0.446 e. The molecule has 0 unspecified atom stereocenters. The highest BCUT2D eigenvalue weighted by Gasteiger charge is 2.32. The van der Waals surface area contributed by atoms with Crippen molar-refractivity contribution in [3.63, 3.8) is 0 Å². The van der Waals surface area contributed by atoms with Crippen molar-refractivity contribution < 1.29 is 100 Å². The molecule has 5 atom stereocenters. The van der Waals surface area contributed by atoms with E-state index in [1.54, 1.807) is 30.3 Å². The summed E-state index contributed by atoms with van der Waals surface area (Å²) >= 11 is 0. The van der Waals surface area contributed by atoms with Crippen molar-refractivity contribution >= 4 is 78.6 Å². The van der Waals surface area contributed by atoms with Gasteiger partial charge in [0, 0.05) is 19.3 Å². The Morgan fingerprint density at radius 3 is 1.22 bits per heavy atom. The van der Waals surface area contributed by atoms with Gasteiger partial charge < -0.3 is 60.4 Å². The van der Waals surface area contributed by atoms with Crippen molar-refractivity contribution in [1.29, 1.82) is 0 Å². The van der Waals surface area contributed by atoms with Gasteiger partial charge in [-0.2, -0.15) is 25.3 Å². The number of rotatable bonds is 29. The molecule has 13 N–H and O–H groups in total. The molecule has 410 valence electrons. The molecule has 0 aliphatic heterocycles. The van der Waals surface area contributed by atoms with Crippen LogP contribution in [0.15, 0.2) is 103 Å². The Morgan fingerprint density at radius 1 is 0.434 bits per heavy atom. The topological polar surface area (TPSA) is 466 Å². The number of carboxylic acid groups (broad SMARTS) is 2. The van der Waals surface area contributed by atoms with Crippen LogP contribution in [-0.2, 0) is 95.2 Å². The summed E-state index contributed by atoms with van der Waals surface area (Å²) in [5.74, 6) is -10.7. The molecule has 32 heteroatoms. The predicted octanol–water partition coefficient (Wildman–Crippen LogP) is -2.44. The SMILES string of the molecule is N[C@@H](Cc1ccccc1)C(=O)N[C@@H](Cc1ccc(OS(=O)(=O)O)cc1)C(=O)NCC(=O)NCC(=O)N[C@@H](Cc1ccc(OS(=O)(=O)O)cc1)C(=O)N[C@@H](CC(=O)O)C(=O)N[C@@H](Cc1ccc(OS(=O)(=O)O)cc1)C(=O)O. The van der Waals surface area contributed by atoms with E-state index in [4.69, 9.17) is 19.4 Å². The zero-order chi connectivity index (χ0) is 56.4. The maximum absolute atomic E-state index is 13.8. The number of amides is 6. The summed E-state index contributed by atoms with van der Waals surface area (Å²) < 4.78 is 107. The molecule has 0 saturated carbocycles. The summed E-state index contributed by atoms with van der Waals surface area (Å²) in [5.41, 5.74) is 7.48. The standard InChI is InChI=1S/C44H49N7O22S3/c45-32(18-25-4-2-1-3-5-25)40(56)49-33(19-26-6-12-29(13-7-26)71-74(62,63)64)41(57)47-23-37(52)46-24-38(53)48-34(20-27-8-14-30(15-9-27)72-75(65,66)67)42(58)50-35(22-39(54)55)43(59)51-36(44(60)61)21-28-10-16-31(17-11-28)73-76(68,69)70/h1-17,32-36H,18-24,45H2,(H,46,52)(H,47,57)(H,48,53)(H,49,56)(H,50,58)(H,51,59)(H,54,55)(H,60,61)(H,62,63,64)(H,65,66,67)(H,68,69,70)/t32-,33-,34-,35-,36-/m0/s1. The molecule has 29 nitrogen and oxygen atoms in total. The number of hydrogen-bond donors (Lipinski definition) is 12. The van der Waals surface area contributed by atoms with Gasteiger partial charge in [0.2, 0.25) is 35.4 Å². The Hall–Kier alpha value is -8.27. The lowest BCUT2D eigenvalue weighted by Gasteiger charge is -2.24. The zero-order valence-electron chi connectivity index (χ0n) is 39.1. The largest absolute Gasteiger partial charge is 0.481 e. The van der Waals surface area contributed by atoms with Gasteiger partial charge in [0.05, 0.1) is 25.6 Å². The van der Waals surface area contributed by atoms with E-state index in [0.717, 1.165) is 36.4 Å². The van der Waals surface area contributed by atoms with Crippen molar-refractivity contribution in [2.45, 2.75) is 62.3 Å². The molecule has 4 aromatic carbocycles. The Bertz CT molecular complexity index is 3080. The lowest BCUT2D eigenvalue weighted by molar-refractivity contribution is -0.143. The highest BCUT2D eigenvalue weighted by Crippen LogP contribution is 2.18. The van der Waals surface area contributed by atoms with Crippen LogP contribution in [0.4, 0.5) is 0 Å². The average molecular weight is 1120 g/mol. The number of nitrogens with two attached hydrogens (primary N) is 1. The van der Waals surface area contributed by atoms with E-state index in [1.165, 1.54) is 36.4 Å². The summed E-state index contributed by atoms with van der Waals surface area (Å²) in [5, 5.41) is 33.0. The van der Waals surface area contributed by atoms with E-state index >= 15 is 0 Å². The lowest BCUT2D eigenvalue weighted by Crippen LogP contribution is -2.57. The van der Waals surface area contributed by atoms with Gasteiger partial charge in [0.15, 0.2) is 0 Å². The fourth-order valence-electron chi connectivity index (χ4n) is 6.68. The van der Waals surface area contributed by atoms with Crippen molar-refractivity contribution in [3.05, 3.63) is 125 Å². The predicted molar refractivity (Wildman–Crippen MR) is 259 cm³/mol. The van der Waals surface area contributed by atoms with Crippen LogP contribution in [0.2, 0.25) is 0 Å². The van der Waals surface area contributed by atoms with E-state index < -0.39 is 141 Å². The second-order valence-electron chi connectivity index (χ2n) is 16.1. The molecule has 0 saturated heterocycles. The minimum absolute atomic E-state index is 0.0705. The number of carboxylic acids is 2. The first-order valence-corrected chi connectivity index (χ1v) is 25.9. The third-order valence-corrected chi connectivity index (χ3v) is 11.3. The van der Waals surface area contributed by atoms with Crippen LogP contribution in [0.3, 0.4) is 0 Å². The van der Waals surface area contributed by atoms with Crippen LogP contribution >= 0.6 is 0 Å². The Kier molecular flexibility index (Phi) is 21.7. The van der Waals surface area contributed by atoms with Crippen LogP contribution in [0.1, 0.15) is 28.7 Å². The summed E-state index contributed by atoms with van der Waals surface area (Å²) in [6.07, 6.45) is -2.31. The Balaban J connectivity index is 1.46. The fourth-order valence-corrected chi connectivity index (χ4v) is 7.74. The number of benzene rings is 4. The van der Waals surface area contributed by atoms with Crippen molar-refractivity contribution in [3.8, 4) is 17.2 Å². The Labute approximate surface area is 432 Å². The van der Waals surface area contributed by atoms with Crippen LogP contribution in [0, 0.1) is 0 Å². The molecule has 0 aliphatic rings. The molecule has 76 heavy (non-hydrogen) atoms. The summed E-state index contributed by atoms with van der Waals surface area (Å²) in [6.45, 7) is -1.71. The molecule has 0 heterocycles. The van der Waals surface area contributed by atoms with Gasteiger partial charge in [-0.05, 0) is 65.1 Å². The van der Waals surface area contributed by atoms with Crippen LogP contribution in [0.5, 0.6) is 17.2 Å². The molecule has 0 bridgehead atoms. The van der Waals surface area contributed by atoms with Gasteiger partial charge in [-0.1, -0.05) is 66.7 Å².